The van der Waals surface area contributed by atoms with E-state index in [0.717, 1.165) is 14.1 Å². The van der Waals surface area contributed by atoms with E-state index in [2.05, 4.69) is 38.1 Å². The number of hydrogen-bond acceptors (Lipinski definition) is 4. The number of benzene rings is 2. The molecule has 0 saturated carbocycles. The lowest BCUT2D eigenvalue weighted by molar-refractivity contribution is 0.102. The van der Waals surface area contributed by atoms with E-state index in [-0.39, 0.29) is 15.6 Å². The van der Waals surface area contributed by atoms with Crippen molar-refractivity contribution in [1.82, 2.24) is 10.2 Å². The zero-order valence-electron chi connectivity index (χ0n) is 11.4. The van der Waals surface area contributed by atoms with Crippen LogP contribution in [0.5, 0.6) is 0 Å². The number of rotatable bonds is 3. The average Bonchev–Trinajstić information content (AvgIpc) is 2.96. The predicted molar refractivity (Wildman–Crippen MR) is 102 cm³/mol. The van der Waals surface area contributed by atoms with Gasteiger partial charge in [-0.3, -0.25) is 10.1 Å². The Morgan fingerprint density at radius 1 is 1.04 bits per heavy atom. The van der Waals surface area contributed by atoms with Crippen molar-refractivity contribution in [2.75, 3.05) is 5.32 Å². The van der Waals surface area contributed by atoms with Crippen LogP contribution in [0.3, 0.4) is 0 Å². The third-order valence-corrected chi connectivity index (χ3v) is 5.16. The van der Waals surface area contributed by atoms with Gasteiger partial charge in [-0.1, -0.05) is 52.7 Å². The maximum absolute atomic E-state index is 12.3. The molecule has 1 N–H and O–H groups in total. The lowest BCUT2D eigenvalue weighted by atomic mass is 10.2. The van der Waals surface area contributed by atoms with Gasteiger partial charge in [-0.25, -0.2) is 0 Å². The molecule has 3 rings (SSSR count). The van der Waals surface area contributed by atoms with Crippen LogP contribution >= 0.6 is 57.1 Å². The normalized spacial score (nSPS) is 10.6. The first kappa shape index (κ1) is 16.6. The van der Waals surface area contributed by atoms with E-state index in [1.807, 2.05) is 24.3 Å². The van der Waals surface area contributed by atoms with Gasteiger partial charge in [0, 0.05) is 9.13 Å². The van der Waals surface area contributed by atoms with Crippen LogP contribution in [0.4, 0.5) is 5.13 Å². The Morgan fingerprint density at radius 3 is 2.35 bits per heavy atom. The van der Waals surface area contributed by atoms with Crippen LogP contribution in [0.15, 0.2) is 42.5 Å². The summed E-state index contributed by atoms with van der Waals surface area (Å²) >= 11 is 15.6. The molecular weight excluding hydrogens is 468 g/mol. The summed E-state index contributed by atoms with van der Waals surface area (Å²) in [4.78, 5) is 12.3. The SMILES string of the molecule is O=C(Nc1nnc(-c2ccc(I)cc2)s1)c1c(Cl)cccc1Cl. The first-order chi connectivity index (χ1) is 11.0. The highest BCUT2D eigenvalue weighted by atomic mass is 127. The maximum Gasteiger partial charge on any atom is 0.260 e. The highest BCUT2D eigenvalue weighted by molar-refractivity contribution is 14.1. The number of hydrogen-bond donors (Lipinski definition) is 1. The highest BCUT2D eigenvalue weighted by Gasteiger charge is 2.16. The Hall–Kier alpha value is -1.22. The molecular formula is C15H8Cl2IN3OS. The molecule has 1 aromatic heterocycles. The number of anilines is 1. The zero-order chi connectivity index (χ0) is 16.4. The smallest absolute Gasteiger partial charge is 0.260 e. The molecule has 116 valence electrons. The average molecular weight is 476 g/mol. The van der Waals surface area contributed by atoms with Crippen molar-refractivity contribution in [1.29, 1.82) is 0 Å². The van der Waals surface area contributed by atoms with Crippen molar-refractivity contribution >= 4 is 68.2 Å². The van der Waals surface area contributed by atoms with Gasteiger partial charge in [0.1, 0.15) is 5.01 Å². The Morgan fingerprint density at radius 2 is 1.70 bits per heavy atom. The van der Waals surface area contributed by atoms with Gasteiger partial charge in [-0.15, -0.1) is 10.2 Å². The van der Waals surface area contributed by atoms with Crippen LogP contribution in [0, 0.1) is 3.57 Å². The molecule has 1 heterocycles. The van der Waals surface area contributed by atoms with Crippen LogP contribution < -0.4 is 5.32 Å². The third kappa shape index (κ3) is 3.82. The summed E-state index contributed by atoms with van der Waals surface area (Å²) in [5.41, 5.74) is 1.17. The van der Waals surface area contributed by atoms with Gasteiger partial charge in [-0.2, -0.15) is 0 Å². The molecule has 0 spiro atoms. The minimum absolute atomic E-state index is 0.224. The van der Waals surface area contributed by atoms with Gasteiger partial charge >= 0.3 is 0 Å². The molecule has 8 heteroatoms. The summed E-state index contributed by atoms with van der Waals surface area (Å²) in [5, 5.41) is 12.4. The zero-order valence-corrected chi connectivity index (χ0v) is 15.9. The quantitative estimate of drug-likeness (QED) is 0.518. The predicted octanol–water partition coefficient (Wildman–Crippen LogP) is 5.37. The summed E-state index contributed by atoms with van der Waals surface area (Å²) in [6, 6.07) is 12.8. The van der Waals surface area contributed by atoms with E-state index in [0.29, 0.717) is 5.13 Å². The number of aromatic nitrogens is 2. The van der Waals surface area contributed by atoms with Gasteiger partial charge < -0.3 is 0 Å². The molecule has 0 radical (unpaired) electrons. The number of carbonyl (C=O) groups is 1. The number of amides is 1. The van der Waals surface area contributed by atoms with Crippen molar-refractivity contribution < 1.29 is 4.79 Å². The number of nitrogens with zero attached hydrogens (tertiary/aromatic N) is 2. The fourth-order valence-corrected chi connectivity index (χ4v) is 3.53. The molecule has 3 aromatic rings. The van der Waals surface area contributed by atoms with Crippen LogP contribution in [-0.4, -0.2) is 16.1 Å². The molecule has 0 unspecified atom stereocenters. The van der Waals surface area contributed by atoms with Crippen molar-refractivity contribution in [3.63, 3.8) is 0 Å². The van der Waals surface area contributed by atoms with Crippen LogP contribution in [0.2, 0.25) is 10.0 Å². The van der Waals surface area contributed by atoms with E-state index < -0.39 is 5.91 Å². The van der Waals surface area contributed by atoms with Gasteiger partial charge in [0.25, 0.3) is 5.91 Å². The Balaban J connectivity index is 1.82. The fraction of sp³-hybridized carbons (Fsp3) is 0. The first-order valence-electron chi connectivity index (χ1n) is 6.39. The van der Waals surface area contributed by atoms with Gasteiger partial charge in [-0.05, 0) is 46.9 Å². The fourth-order valence-electron chi connectivity index (χ4n) is 1.86. The molecule has 0 aliphatic carbocycles. The lowest BCUT2D eigenvalue weighted by Crippen LogP contribution is -2.12. The van der Waals surface area contributed by atoms with E-state index >= 15 is 0 Å². The summed E-state index contributed by atoms with van der Waals surface area (Å²) in [7, 11) is 0. The largest absolute Gasteiger partial charge is 0.296 e. The molecule has 4 nitrogen and oxygen atoms in total. The molecule has 2 aromatic carbocycles. The number of nitrogens with one attached hydrogen (secondary N) is 1. The molecule has 0 fully saturated rings. The van der Waals surface area contributed by atoms with Gasteiger partial charge in [0.2, 0.25) is 5.13 Å². The van der Waals surface area contributed by atoms with E-state index in [9.17, 15) is 4.79 Å². The van der Waals surface area contributed by atoms with Crippen LogP contribution in [0.1, 0.15) is 10.4 Å². The minimum atomic E-state index is -0.411. The number of carbonyl (C=O) groups excluding carboxylic acids is 1. The Bertz CT molecular complexity index is 847. The number of halogens is 3. The molecule has 0 aliphatic heterocycles. The van der Waals surface area contributed by atoms with Crippen molar-refractivity contribution in [2.45, 2.75) is 0 Å². The molecule has 1 amide bonds. The summed E-state index contributed by atoms with van der Waals surface area (Å²) < 4.78 is 1.14. The standard InChI is InChI=1S/C15H8Cl2IN3OS/c16-10-2-1-3-11(17)12(10)13(22)19-15-21-20-14(23-15)8-4-6-9(18)7-5-8/h1-7H,(H,19,21,22). The Kier molecular flexibility index (Phi) is 5.15. The second kappa shape index (κ2) is 7.12. The van der Waals surface area contributed by atoms with Crippen molar-refractivity contribution in [3.8, 4) is 10.6 Å². The second-order valence-corrected chi connectivity index (χ2v) is 7.51. The third-order valence-electron chi connectivity index (χ3n) is 2.93. The monoisotopic (exact) mass is 475 g/mol. The van der Waals surface area contributed by atoms with Crippen molar-refractivity contribution in [3.05, 3.63) is 61.6 Å². The maximum atomic E-state index is 12.3. The van der Waals surface area contributed by atoms with Crippen LogP contribution in [-0.2, 0) is 0 Å². The molecule has 0 aliphatic rings. The van der Waals surface area contributed by atoms with Gasteiger partial charge in [0.15, 0.2) is 0 Å². The summed E-state index contributed by atoms with van der Waals surface area (Å²) in [6.45, 7) is 0. The first-order valence-corrected chi connectivity index (χ1v) is 9.04. The highest BCUT2D eigenvalue weighted by Crippen LogP contribution is 2.29. The van der Waals surface area contributed by atoms with E-state index in [1.165, 1.54) is 11.3 Å². The van der Waals surface area contributed by atoms with Crippen LogP contribution in [0.25, 0.3) is 10.6 Å². The summed E-state index contributed by atoms with van der Waals surface area (Å²) in [6.07, 6.45) is 0. The van der Waals surface area contributed by atoms with Crippen molar-refractivity contribution in [2.24, 2.45) is 0 Å². The lowest BCUT2D eigenvalue weighted by Gasteiger charge is -2.05. The molecule has 0 saturated heterocycles. The topological polar surface area (TPSA) is 54.9 Å². The minimum Gasteiger partial charge on any atom is -0.296 e. The second-order valence-electron chi connectivity index (χ2n) is 4.47. The summed E-state index contributed by atoms with van der Waals surface area (Å²) in [5.74, 6) is -0.411. The Labute approximate surface area is 160 Å². The molecule has 0 atom stereocenters. The van der Waals surface area contributed by atoms with E-state index in [4.69, 9.17) is 23.2 Å². The molecule has 0 bridgehead atoms. The molecule has 23 heavy (non-hydrogen) atoms. The van der Waals surface area contributed by atoms with E-state index in [1.54, 1.807) is 18.2 Å². The van der Waals surface area contributed by atoms with Gasteiger partial charge in [0.05, 0.1) is 15.6 Å².